The van der Waals surface area contributed by atoms with Crippen molar-refractivity contribution >= 4 is 95.2 Å². The fraction of sp³-hybridized carbons (Fsp3) is 0.324. The highest BCUT2D eigenvalue weighted by atomic mass is 15.2. The predicted octanol–water partition coefficient (Wildman–Crippen LogP) is 19.8. The number of fused-ring (bicyclic) bond motifs is 9. The first kappa shape index (κ1) is 51.7. The Morgan fingerprint density at radius 3 is 1.35 bits per heavy atom. The number of hydrogen-bond donors (Lipinski definition) is 0. The molecule has 78 heavy (non-hydrogen) atoms. The molecular weight excluding hydrogens is 942 g/mol. The minimum absolute atomic E-state index is 0.0299. The van der Waals surface area contributed by atoms with Crippen LogP contribution in [0.15, 0.2) is 158 Å². The number of anilines is 6. The molecule has 0 N–H and O–H groups in total. The molecule has 10 aromatic rings. The lowest BCUT2D eigenvalue weighted by atomic mass is 9.44. The average molecular weight is 1020 g/mol. The Morgan fingerprint density at radius 1 is 0.346 bits per heavy atom. The zero-order valence-electron chi connectivity index (χ0n) is 49.9. The smallest absolute Gasteiger partial charge is 0.333 e. The van der Waals surface area contributed by atoms with E-state index in [9.17, 15) is 0 Å². The highest BCUT2D eigenvalue weighted by Crippen LogP contribution is 2.53. The first-order valence-corrected chi connectivity index (χ1v) is 28.7. The van der Waals surface area contributed by atoms with Crippen LogP contribution in [0.2, 0.25) is 0 Å². The van der Waals surface area contributed by atoms with E-state index in [1.54, 1.807) is 0 Å². The molecule has 2 aliphatic rings. The summed E-state index contributed by atoms with van der Waals surface area (Å²) in [6, 6.07) is 61.7. The molecule has 0 aliphatic carbocycles. The molecule has 0 saturated carbocycles. The van der Waals surface area contributed by atoms with Gasteiger partial charge in [-0.15, -0.1) is 0 Å². The van der Waals surface area contributed by atoms with Gasteiger partial charge in [0.1, 0.15) is 0 Å². The van der Waals surface area contributed by atoms with Crippen molar-refractivity contribution in [1.29, 1.82) is 0 Å². The molecule has 0 unspecified atom stereocenters. The standard InChI is InChI=1S/C74H80BN3/c1-69(2,3)45-33-34-62-55(38-45)59-39-48(72(10,11)12)40-60-58-41-52(76(49-27-21-19-22-28-49)50-29-23-20-24-30-50)42-64-67(58)75(78(62)68(59)60)61-43-56-57(66(74(16,17)18)54-32-26-25-31-53(54)65(56)73(13,14)15)44-63(61)77(64)51-36-46(70(4,5)6)35-47(37-51)71(7,8)9/h19-44H,1-18H3. The van der Waals surface area contributed by atoms with Gasteiger partial charge in [-0.05, 0) is 183 Å². The molecule has 0 radical (unpaired) electrons. The maximum atomic E-state index is 2.78. The SMILES string of the molecule is CC(C)(C)c1cc(N2c3cc4c(C(C)(C)C)c5ccccc5c(C(C)(C)C)c4cc3B3c4c(cc(N(c5ccccc5)c5ccccc5)cc42)-c2cc(C(C)(C)C)cc4c5cc(C(C)(C)C)ccc5n3c24)cc(C(C)(C)C)c1. The third-order valence-electron chi connectivity index (χ3n) is 17.2. The molecular formula is C74H80BN3. The molecule has 1 aromatic heterocycles. The van der Waals surface area contributed by atoms with Crippen molar-refractivity contribution in [3.63, 3.8) is 0 Å². The summed E-state index contributed by atoms with van der Waals surface area (Å²) >= 11 is 0. The lowest BCUT2D eigenvalue weighted by Crippen LogP contribution is -2.56. The van der Waals surface area contributed by atoms with E-state index in [1.165, 1.54) is 116 Å². The second-order valence-corrected chi connectivity index (χ2v) is 29.2. The van der Waals surface area contributed by atoms with Crippen LogP contribution in [0.25, 0.3) is 54.5 Å². The van der Waals surface area contributed by atoms with Crippen molar-refractivity contribution in [1.82, 2.24) is 4.48 Å². The Kier molecular flexibility index (Phi) is 11.4. The van der Waals surface area contributed by atoms with Crippen LogP contribution in [0.1, 0.15) is 158 Å². The normalized spacial score (nSPS) is 14.0. The molecule has 0 bridgehead atoms. The van der Waals surface area contributed by atoms with Gasteiger partial charge in [-0.2, -0.15) is 0 Å². The lowest BCUT2D eigenvalue weighted by molar-refractivity contribution is 0.568. The summed E-state index contributed by atoms with van der Waals surface area (Å²) in [7, 11) is 0. The highest BCUT2D eigenvalue weighted by molar-refractivity contribution is 6.90. The maximum Gasteiger partial charge on any atom is 0.333 e. The fourth-order valence-electron chi connectivity index (χ4n) is 13.3. The van der Waals surface area contributed by atoms with Crippen LogP contribution in [0.3, 0.4) is 0 Å². The fourth-order valence-corrected chi connectivity index (χ4v) is 13.3. The zero-order valence-corrected chi connectivity index (χ0v) is 49.9. The van der Waals surface area contributed by atoms with Gasteiger partial charge in [0.15, 0.2) is 0 Å². The van der Waals surface area contributed by atoms with E-state index in [0.717, 1.165) is 17.1 Å². The van der Waals surface area contributed by atoms with Crippen LogP contribution < -0.4 is 20.7 Å². The molecule has 394 valence electrons. The highest BCUT2D eigenvalue weighted by Gasteiger charge is 2.45. The number of para-hydroxylation sites is 2. The van der Waals surface area contributed by atoms with Gasteiger partial charge in [0.05, 0.1) is 0 Å². The van der Waals surface area contributed by atoms with Crippen LogP contribution >= 0.6 is 0 Å². The monoisotopic (exact) mass is 1020 g/mol. The molecule has 2 aliphatic heterocycles. The predicted molar refractivity (Wildman–Crippen MR) is 342 cm³/mol. The number of benzene rings is 9. The summed E-state index contributed by atoms with van der Waals surface area (Å²) in [6.45, 7) is 42.8. The van der Waals surface area contributed by atoms with Gasteiger partial charge in [0.25, 0.3) is 0 Å². The Morgan fingerprint density at radius 2 is 0.833 bits per heavy atom. The molecule has 9 aromatic carbocycles. The number of rotatable bonds is 4. The largest absolute Gasteiger partial charge is 0.375 e. The van der Waals surface area contributed by atoms with E-state index in [1.807, 2.05) is 0 Å². The van der Waals surface area contributed by atoms with Crippen molar-refractivity contribution in [3.05, 3.63) is 191 Å². The average Bonchev–Trinajstić information content (AvgIpc) is 3.82. The van der Waals surface area contributed by atoms with Crippen LogP contribution in [0, 0.1) is 0 Å². The first-order valence-electron chi connectivity index (χ1n) is 28.7. The van der Waals surface area contributed by atoms with Crippen molar-refractivity contribution < 1.29 is 0 Å². The molecule has 0 spiro atoms. The molecule has 0 atom stereocenters. The second-order valence-electron chi connectivity index (χ2n) is 29.2. The van der Waals surface area contributed by atoms with Crippen LogP contribution in [0.5, 0.6) is 0 Å². The van der Waals surface area contributed by atoms with Gasteiger partial charge >= 0.3 is 6.85 Å². The molecule has 3 nitrogen and oxygen atoms in total. The molecule has 12 rings (SSSR count). The molecule has 3 heterocycles. The van der Waals surface area contributed by atoms with E-state index in [4.69, 9.17) is 0 Å². The number of hydrogen-bond acceptors (Lipinski definition) is 2. The maximum absolute atomic E-state index is 2.78. The van der Waals surface area contributed by atoms with Gasteiger partial charge in [-0.3, -0.25) is 0 Å². The minimum Gasteiger partial charge on any atom is -0.375 e. The van der Waals surface area contributed by atoms with E-state index < -0.39 is 0 Å². The molecule has 0 amide bonds. The molecule has 0 saturated heterocycles. The van der Waals surface area contributed by atoms with Gasteiger partial charge in [0, 0.05) is 61.5 Å². The van der Waals surface area contributed by atoms with E-state index in [2.05, 4.69) is 297 Å². The lowest BCUT2D eigenvalue weighted by Gasteiger charge is -2.43. The topological polar surface area (TPSA) is 11.4 Å². The van der Waals surface area contributed by atoms with E-state index in [-0.39, 0.29) is 39.3 Å². The third-order valence-corrected chi connectivity index (χ3v) is 17.2. The van der Waals surface area contributed by atoms with Crippen molar-refractivity contribution in [3.8, 4) is 11.1 Å². The van der Waals surface area contributed by atoms with Gasteiger partial charge in [-0.1, -0.05) is 203 Å². The molecule has 0 fully saturated rings. The summed E-state index contributed by atoms with van der Waals surface area (Å²) in [6.07, 6.45) is 0. The first-order chi connectivity index (χ1) is 36.5. The quantitative estimate of drug-likeness (QED) is 0.129. The van der Waals surface area contributed by atoms with Gasteiger partial charge in [0.2, 0.25) is 0 Å². The summed E-state index contributed by atoms with van der Waals surface area (Å²) in [4.78, 5) is 5.19. The Labute approximate surface area is 466 Å². The van der Waals surface area contributed by atoms with Crippen molar-refractivity contribution in [2.75, 3.05) is 9.80 Å². The van der Waals surface area contributed by atoms with E-state index >= 15 is 0 Å². The Bertz CT molecular complexity index is 4000. The number of aromatic nitrogens is 1. The zero-order chi connectivity index (χ0) is 55.6. The van der Waals surface area contributed by atoms with E-state index in [0.29, 0.717) is 0 Å². The number of nitrogens with zero attached hydrogens (tertiary/aromatic N) is 3. The van der Waals surface area contributed by atoms with Gasteiger partial charge < -0.3 is 14.3 Å². The summed E-state index contributed by atoms with van der Waals surface area (Å²) < 4.78 is 2.78. The minimum atomic E-state index is -0.167. The van der Waals surface area contributed by atoms with Crippen molar-refractivity contribution in [2.45, 2.75) is 157 Å². The Balaban J connectivity index is 1.35. The van der Waals surface area contributed by atoms with Crippen LogP contribution in [0.4, 0.5) is 34.1 Å². The summed E-state index contributed by atoms with van der Waals surface area (Å²) in [5, 5.41) is 8.02. The van der Waals surface area contributed by atoms with Crippen molar-refractivity contribution in [2.24, 2.45) is 0 Å². The van der Waals surface area contributed by atoms with Crippen LogP contribution in [-0.4, -0.2) is 11.3 Å². The second kappa shape index (κ2) is 17.2. The summed E-state index contributed by atoms with van der Waals surface area (Å²) in [5.41, 5.74) is 22.3. The van der Waals surface area contributed by atoms with Gasteiger partial charge in [-0.25, -0.2) is 0 Å². The van der Waals surface area contributed by atoms with Crippen LogP contribution in [-0.2, 0) is 32.5 Å². The molecule has 4 heteroatoms. The third kappa shape index (κ3) is 8.21. The summed E-state index contributed by atoms with van der Waals surface area (Å²) in [5.74, 6) is 0. The Hall–Kier alpha value is -7.04.